The van der Waals surface area contributed by atoms with Crippen molar-refractivity contribution in [2.45, 2.75) is 32.6 Å². The van der Waals surface area contributed by atoms with Crippen LogP contribution in [0, 0.1) is 0 Å². The maximum absolute atomic E-state index is 5.55. The Hall–Kier alpha value is -0.350. The van der Waals surface area contributed by atoms with Crippen LogP contribution in [-0.2, 0) is 18.9 Å². The fraction of sp³-hybridized carbons (Fsp3) is 0.700. The third-order valence-electron chi connectivity index (χ3n) is 2.19. The van der Waals surface area contributed by atoms with Gasteiger partial charge < -0.3 is 5.73 Å². The molecular weight excluding hydrogens is 242 g/mol. The largest absolute Gasteiger partial charge is 0.330 e. The standard InChI is InChI=1S/C10H18BrN3/c1-10(2,3)9-8(11)7(5-6-12)14(4)13-9/h5-6,12H2,1-4H3. The van der Waals surface area contributed by atoms with Gasteiger partial charge in [-0.15, -0.1) is 0 Å². The van der Waals surface area contributed by atoms with Gasteiger partial charge in [0.25, 0.3) is 0 Å². The minimum Gasteiger partial charge on any atom is -0.330 e. The molecule has 0 spiro atoms. The van der Waals surface area contributed by atoms with Gasteiger partial charge in [0.15, 0.2) is 0 Å². The van der Waals surface area contributed by atoms with E-state index in [0.717, 1.165) is 16.6 Å². The molecule has 4 heteroatoms. The van der Waals surface area contributed by atoms with E-state index in [1.165, 1.54) is 5.69 Å². The zero-order chi connectivity index (χ0) is 10.9. The molecule has 80 valence electrons. The average Bonchev–Trinajstić information content (AvgIpc) is 2.31. The Bertz CT molecular complexity index is 323. The second-order valence-corrected chi connectivity index (χ2v) is 5.31. The number of hydrogen-bond acceptors (Lipinski definition) is 2. The molecule has 0 radical (unpaired) electrons. The van der Waals surface area contributed by atoms with Crippen molar-refractivity contribution >= 4 is 15.9 Å². The summed E-state index contributed by atoms with van der Waals surface area (Å²) in [5.74, 6) is 0. The highest BCUT2D eigenvalue weighted by Gasteiger charge is 2.23. The van der Waals surface area contributed by atoms with E-state index < -0.39 is 0 Å². The summed E-state index contributed by atoms with van der Waals surface area (Å²) in [5, 5.41) is 4.51. The van der Waals surface area contributed by atoms with Gasteiger partial charge in [-0.1, -0.05) is 20.8 Å². The second-order valence-electron chi connectivity index (χ2n) is 4.52. The van der Waals surface area contributed by atoms with Crippen LogP contribution in [0.5, 0.6) is 0 Å². The number of nitrogens with two attached hydrogens (primary N) is 1. The molecule has 0 saturated heterocycles. The highest BCUT2D eigenvalue weighted by atomic mass is 79.9. The van der Waals surface area contributed by atoms with Crippen molar-refractivity contribution in [3.63, 3.8) is 0 Å². The molecule has 0 atom stereocenters. The van der Waals surface area contributed by atoms with Crippen LogP contribution in [-0.4, -0.2) is 16.3 Å². The van der Waals surface area contributed by atoms with Crippen LogP contribution in [0.4, 0.5) is 0 Å². The molecule has 1 heterocycles. The molecule has 0 aliphatic carbocycles. The number of halogens is 1. The molecule has 0 aliphatic rings. The highest BCUT2D eigenvalue weighted by Crippen LogP contribution is 2.31. The van der Waals surface area contributed by atoms with E-state index in [9.17, 15) is 0 Å². The summed E-state index contributed by atoms with van der Waals surface area (Å²) in [6, 6.07) is 0. The van der Waals surface area contributed by atoms with Crippen LogP contribution in [0.1, 0.15) is 32.2 Å². The Morgan fingerprint density at radius 3 is 2.36 bits per heavy atom. The van der Waals surface area contributed by atoms with Crippen LogP contribution in [0.15, 0.2) is 4.47 Å². The Morgan fingerprint density at radius 1 is 1.43 bits per heavy atom. The molecule has 0 amide bonds. The summed E-state index contributed by atoms with van der Waals surface area (Å²) < 4.78 is 3.02. The molecule has 0 aromatic carbocycles. The number of nitrogens with zero attached hydrogens (tertiary/aromatic N) is 2. The average molecular weight is 260 g/mol. The molecule has 0 aliphatic heterocycles. The Labute approximate surface area is 93.8 Å². The normalized spacial score (nSPS) is 12.1. The Balaban J connectivity index is 3.17. The first-order valence-electron chi connectivity index (χ1n) is 4.80. The molecule has 0 bridgehead atoms. The lowest BCUT2D eigenvalue weighted by Gasteiger charge is -2.15. The zero-order valence-electron chi connectivity index (χ0n) is 9.26. The molecule has 14 heavy (non-hydrogen) atoms. The smallest absolute Gasteiger partial charge is 0.0822 e. The third kappa shape index (κ3) is 2.17. The fourth-order valence-electron chi connectivity index (χ4n) is 1.42. The number of aromatic nitrogens is 2. The minimum absolute atomic E-state index is 0.0729. The topological polar surface area (TPSA) is 43.8 Å². The summed E-state index contributed by atoms with van der Waals surface area (Å²) in [6.45, 7) is 7.13. The first-order chi connectivity index (χ1) is 6.38. The quantitative estimate of drug-likeness (QED) is 0.883. The van der Waals surface area contributed by atoms with E-state index in [2.05, 4.69) is 41.8 Å². The van der Waals surface area contributed by atoms with Gasteiger partial charge in [0, 0.05) is 18.9 Å². The van der Waals surface area contributed by atoms with E-state index >= 15 is 0 Å². The van der Waals surface area contributed by atoms with Gasteiger partial charge in [0.1, 0.15) is 0 Å². The maximum Gasteiger partial charge on any atom is 0.0822 e. The van der Waals surface area contributed by atoms with E-state index in [1.54, 1.807) is 0 Å². The van der Waals surface area contributed by atoms with E-state index in [4.69, 9.17) is 5.73 Å². The van der Waals surface area contributed by atoms with Gasteiger partial charge in [-0.25, -0.2) is 0 Å². The van der Waals surface area contributed by atoms with Gasteiger partial charge >= 0.3 is 0 Å². The molecular formula is C10H18BrN3. The van der Waals surface area contributed by atoms with Gasteiger partial charge in [0.2, 0.25) is 0 Å². The van der Waals surface area contributed by atoms with Crippen molar-refractivity contribution in [1.82, 2.24) is 9.78 Å². The number of rotatable bonds is 2. The molecule has 1 aromatic rings. The van der Waals surface area contributed by atoms with Crippen molar-refractivity contribution in [3.8, 4) is 0 Å². The lowest BCUT2D eigenvalue weighted by atomic mass is 9.92. The molecule has 1 aromatic heterocycles. The summed E-state index contributed by atoms with van der Waals surface area (Å²) in [7, 11) is 1.96. The van der Waals surface area contributed by atoms with Crippen molar-refractivity contribution in [2.24, 2.45) is 12.8 Å². The van der Waals surface area contributed by atoms with Crippen LogP contribution in [0.25, 0.3) is 0 Å². The monoisotopic (exact) mass is 259 g/mol. The number of aryl methyl sites for hydroxylation is 1. The van der Waals surface area contributed by atoms with Crippen LogP contribution < -0.4 is 5.73 Å². The van der Waals surface area contributed by atoms with Gasteiger partial charge in [0.05, 0.1) is 15.9 Å². The molecule has 0 fully saturated rings. The Morgan fingerprint density at radius 2 is 2.00 bits per heavy atom. The summed E-state index contributed by atoms with van der Waals surface area (Å²) in [4.78, 5) is 0. The third-order valence-corrected chi connectivity index (χ3v) is 3.03. The molecule has 0 unspecified atom stereocenters. The molecule has 0 saturated carbocycles. The molecule has 3 nitrogen and oxygen atoms in total. The first kappa shape index (κ1) is 11.7. The molecule has 2 N–H and O–H groups in total. The lowest BCUT2D eigenvalue weighted by molar-refractivity contribution is 0.549. The van der Waals surface area contributed by atoms with Crippen LogP contribution in [0.3, 0.4) is 0 Å². The van der Waals surface area contributed by atoms with Crippen molar-refractivity contribution < 1.29 is 0 Å². The second kappa shape index (κ2) is 4.03. The molecule has 1 rings (SSSR count). The fourth-order valence-corrected chi connectivity index (χ4v) is 2.55. The Kier molecular flexibility index (Phi) is 3.37. The summed E-state index contributed by atoms with van der Waals surface area (Å²) >= 11 is 3.60. The zero-order valence-corrected chi connectivity index (χ0v) is 10.8. The predicted octanol–water partition coefficient (Wildman–Crippen LogP) is 1.98. The number of hydrogen-bond donors (Lipinski definition) is 1. The van der Waals surface area contributed by atoms with Gasteiger partial charge in [-0.3, -0.25) is 4.68 Å². The minimum atomic E-state index is 0.0729. The van der Waals surface area contributed by atoms with E-state index in [1.807, 2.05) is 11.7 Å². The van der Waals surface area contributed by atoms with Gasteiger partial charge in [-0.05, 0) is 22.5 Å². The first-order valence-corrected chi connectivity index (χ1v) is 5.59. The van der Waals surface area contributed by atoms with Crippen molar-refractivity contribution in [2.75, 3.05) is 6.54 Å². The van der Waals surface area contributed by atoms with E-state index in [-0.39, 0.29) is 5.41 Å². The lowest BCUT2D eigenvalue weighted by Crippen LogP contribution is -2.13. The van der Waals surface area contributed by atoms with Crippen LogP contribution in [0.2, 0.25) is 0 Å². The SMILES string of the molecule is Cn1nc(C(C)(C)C)c(Br)c1CCN. The highest BCUT2D eigenvalue weighted by molar-refractivity contribution is 9.10. The van der Waals surface area contributed by atoms with E-state index in [0.29, 0.717) is 6.54 Å². The summed E-state index contributed by atoms with van der Waals surface area (Å²) in [6.07, 6.45) is 0.861. The maximum atomic E-state index is 5.55. The summed E-state index contributed by atoms with van der Waals surface area (Å²) in [5.41, 5.74) is 7.91. The van der Waals surface area contributed by atoms with Crippen LogP contribution >= 0.6 is 15.9 Å². The van der Waals surface area contributed by atoms with Crippen molar-refractivity contribution in [3.05, 3.63) is 15.9 Å². The van der Waals surface area contributed by atoms with Crippen molar-refractivity contribution in [1.29, 1.82) is 0 Å². The predicted molar refractivity (Wildman–Crippen MR) is 62.4 cm³/mol. The van der Waals surface area contributed by atoms with Gasteiger partial charge in [-0.2, -0.15) is 5.10 Å².